The Labute approximate surface area is 163 Å². The molecule has 2 N–H and O–H groups in total. The lowest BCUT2D eigenvalue weighted by Crippen LogP contribution is -2.38. The molecule has 2 aromatic rings. The highest BCUT2D eigenvalue weighted by Crippen LogP contribution is 2.15. The van der Waals surface area contributed by atoms with Crippen molar-refractivity contribution in [2.45, 2.75) is 45.6 Å². The standard InChI is InChI=1S/C21H34N6/c1-18-25-19-10-3-4-11-20(19)27(18)17-9-13-24-21(22-2)23-12-5-6-14-26-15-7-8-16-26/h3-4,10-11H,5-9,12-17H2,1-2H3,(H2,22,23,24). The van der Waals surface area contributed by atoms with Crippen LogP contribution in [0.5, 0.6) is 0 Å². The molecular formula is C21H34N6. The van der Waals surface area contributed by atoms with Crippen molar-refractivity contribution in [1.29, 1.82) is 0 Å². The highest BCUT2D eigenvalue weighted by atomic mass is 15.2. The second kappa shape index (κ2) is 10.3. The molecule has 3 rings (SSSR count). The fourth-order valence-corrected chi connectivity index (χ4v) is 3.82. The smallest absolute Gasteiger partial charge is 0.190 e. The SMILES string of the molecule is CN=C(NCCCCN1CCCC1)NCCCn1c(C)nc2ccccc21. The van der Waals surface area contributed by atoms with Crippen LogP contribution in [0.4, 0.5) is 0 Å². The molecule has 2 heterocycles. The van der Waals surface area contributed by atoms with Gasteiger partial charge in [-0.25, -0.2) is 4.98 Å². The monoisotopic (exact) mass is 370 g/mol. The molecule has 1 aromatic carbocycles. The third kappa shape index (κ3) is 5.70. The van der Waals surface area contributed by atoms with Gasteiger partial charge in [-0.2, -0.15) is 0 Å². The number of unbranched alkanes of at least 4 members (excludes halogenated alkanes) is 1. The van der Waals surface area contributed by atoms with E-state index in [-0.39, 0.29) is 0 Å². The number of likely N-dealkylation sites (tertiary alicyclic amines) is 1. The first-order chi connectivity index (χ1) is 13.3. The first kappa shape index (κ1) is 19.7. The summed E-state index contributed by atoms with van der Waals surface area (Å²) in [5.41, 5.74) is 2.30. The molecule has 27 heavy (non-hydrogen) atoms. The minimum Gasteiger partial charge on any atom is -0.356 e. The van der Waals surface area contributed by atoms with Crippen LogP contribution in [-0.2, 0) is 6.54 Å². The number of guanidine groups is 1. The Morgan fingerprint density at radius 2 is 1.78 bits per heavy atom. The number of aryl methyl sites for hydroxylation is 2. The van der Waals surface area contributed by atoms with E-state index in [0.717, 1.165) is 43.4 Å². The van der Waals surface area contributed by atoms with E-state index in [1.165, 1.54) is 50.8 Å². The average Bonchev–Trinajstić information content (AvgIpc) is 3.30. The number of aromatic nitrogens is 2. The number of imidazole rings is 1. The van der Waals surface area contributed by atoms with Crippen molar-refractivity contribution >= 4 is 17.0 Å². The molecule has 0 unspecified atom stereocenters. The van der Waals surface area contributed by atoms with Crippen molar-refractivity contribution in [2.75, 3.05) is 39.8 Å². The first-order valence-electron chi connectivity index (χ1n) is 10.4. The Morgan fingerprint density at radius 1 is 1.04 bits per heavy atom. The number of hydrogen-bond donors (Lipinski definition) is 2. The van der Waals surface area contributed by atoms with E-state index in [9.17, 15) is 0 Å². The van der Waals surface area contributed by atoms with Gasteiger partial charge in [0.2, 0.25) is 0 Å². The molecule has 1 aliphatic rings. The number of nitrogens with one attached hydrogen (secondary N) is 2. The Kier molecular flexibility index (Phi) is 7.51. The zero-order valence-electron chi connectivity index (χ0n) is 16.9. The van der Waals surface area contributed by atoms with Crippen molar-refractivity contribution in [3.05, 3.63) is 30.1 Å². The van der Waals surface area contributed by atoms with Crippen molar-refractivity contribution < 1.29 is 0 Å². The first-order valence-corrected chi connectivity index (χ1v) is 10.4. The topological polar surface area (TPSA) is 57.5 Å². The third-order valence-electron chi connectivity index (χ3n) is 5.31. The van der Waals surface area contributed by atoms with Crippen molar-refractivity contribution in [1.82, 2.24) is 25.1 Å². The summed E-state index contributed by atoms with van der Waals surface area (Å²) in [6.45, 7) is 8.76. The highest BCUT2D eigenvalue weighted by Gasteiger charge is 2.10. The van der Waals surface area contributed by atoms with Crippen molar-refractivity contribution in [3.8, 4) is 0 Å². The Balaban J connectivity index is 1.31. The molecule has 0 amide bonds. The van der Waals surface area contributed by atoms with E-state index in [1.54, 1.807) is 0 Å². The van der Waals surface area contributed by atoms with Gasteiger partial charge in [-0.15, -0.1) is 0 Å². The van der Waals surface area contributed by atoms with Crippen LogP contribution in [-0.4, -0.2) is 60.2 Å². The molecular weight excluding hydrogens is 336 g/mol. The molecule has 148 valence electrons. The van der Waals surface area contributed by atoms with Crippen LogP contribution in [0.1, 0.15) is 37.9 Å². The summed E-state index contributed by atoms with van der Waals surface area (Å²) in [6, 6.07) is 8.34. The van der Waals surface area contributed by atoms with Gasteiger partial charge in [0.1, 0.15) is 5.82 Å². The summed E-state index contributed by atoms with van der Waals surface area (Å²) < 4.78 is 2.30. The molecule has 1 saturated heterocycles. The predicted octanol–water partition coefficient (Wildman–Crippen LogP) is 2.78. The van der Waals surface area contributed by atoms with Gasteiger partial charge in [0, 0.05) is 26.7 Å². The maximum absolute atomic E-state index is 4.63. The van der Waals surface area contributed by atoms with Crippen LogP contribution in [0, 0.1) is 6.92 Å². The number of benzene rings is 1. The van der Waals surface area contributed by atoms with E-state index in [2.05, 4.69) is 55.2 Å². The van der Waals surface area contributed by atoms with Crippen LogP contribution in [0.3, 0.4) is 0 Å². The molecule has 0 aliphatic carbocycles. The number of aliphatic imine (C=N–C) groups is 1. The molecule has 1 aromatic heterocycles. The zero-order valence-corrected chi connectivity index (χ0v) is 16.9. The van der Waals surface area contributed by atoms with Gasteiger partial charge in [0.05, 0.1) is 11.0 Å². The van der Waals surface area contributed by atoms with Gasteiger partial charge in [-0.3, -0.25) is 4.99 Å². The van der Waals surface area contributed by atoms with E-state index in [4.69, 9.17) is 0 Å². The summed E-state index contributed by atoms with van der Waals surface area (Å²) in [7, 11) is 1.84. The minimum atomic E-state index is 0.902. The Bertz CT molecular complexity index is 729. The molecule has 6 heteroatoms. The minimum absolute atomic E-state index is 0.902. The van der Waals surface area contributed by atoms with E-state index < -0.39 is 0 Å². The van der Waals surface area contributed by atoms with Crippen LogP contribution >= 0.6 is 0 Å². The lowest BCUT2D eigenvalue weighted by Gasteiger charge is -2.15. The van der Waals surface area contributed by atoms with Crippen LogP contribution < -0.4 is 10.6 Å². The van der Waals surface area contributed by atoms with Crippen molar-refractivity contribution in [3.63, 3.8) is 0 Å². The maximum Gasteiger partial charge on any atom is 0.190 e. The summed E-state index contributed by atoms with van der Waals surface area (Å²) in [6.07, 6.45) is 6.25. The average molecular weight is 371 g/mol. The fourth-order valence-electron chi connectivity index (χ4n) is 3.82. The van der Waals surface area contributed by atoms with Gasteiger partial charge < -0.3 is 20.1 Å². The second-order valence-corrected chi connectivity index (χ2v) is 7.33. The molecule has 0 saturated carbocycles. The maximum atomic E-state index is 4.63. The molecule has 0 radical (unpaired) electrons. The molecule has 0 atom stereocenters. The molecule has 0 bridgehead atoms. The van der Waals surface area contributed by atoms with Gasteiger partial charge in [-0.1, -0.05) is 12.1 Å². The van der Waals surface area contributed by atoms with E-state index in [0.29, 0.717) is 0 Å². The van der Waals surface area contributed by atoms with Gasteiger partial charge in [-0.05, 0) is 70.8 Å². The van der Waals surface area contributed by atoms with E-state index >= 15 is 0 Å². The largest absolute Gasteiger partial charge is 0.356 e. The molecule has 6 nitrogen and oxygen atoms in total. The number of para-hydroxylation sites is 2. The molecule has 1 fully saturated rings. The summed E-state index contributed by atoms with van der Waals surface area (Å²) in [5.74, 6) is 1.99. The van der Waals surface area contributed by atoms with E-state index in [1.807, 2.05) is 13.1 Å². The fraction of sp³-hybridized carbons (Fsp3) is 0.619. The van der Waals surface area contributed by atoms with Gasteiger partial charge in [0.25, 0.3) is 0 Å². The van der Waals surface area contributed by atoms with Crippen LogP contribution in [0.15, 0.2) is 29.3 Å². The Morgan fingerprint density at radius 3 is 2.56 bits per heavy atom. The van der Waals surface area contributed by atoms with Gasteiger partial charge in [0.15, 0.2) is 5.96 Å². The number of rotatable bonds is 9. The molecule has 1 aliphatic heterocycles. The lowest BCUT2D eigenvalue weighted by atomic mass is 10.3. The third-order valence-corrected chi connectivity index (χ3v) is 5.31. The van der Waals surface area contributed by atoms with Crippen LogP contribution in [0.2, 0.25) is 0 Å². The molecule has 0 spiro atoms. The zero-order chi connectivity index (χ0) is 18.9. The van der Waals surface area contributed by atoms with Crippen LogP contribution in [0.25, 0.3) is 11.0 Å². The number of hydrogen-bond acceptors (Lipinski definition) is 3. The summed E-state index contributed by atoms with van der Waals surface area (Å²) in [4.78, 5) is 11.5. The Hall–Kier alpha value is -2.08. The number of nitrogens with zero attached hydrogens (tertiary/aromatic N) is 4. The van der Waals surface area contributed by atoms with Crippen molar-refractivity contribution in [2.24, 2.45) is 4.99 Å². The second-order valence-electron chi connectivity index (χ2n) is 7.33. The highest BCUT2D eigenvalue weighted by molar-refractivity contribution is 5.79. The van der Waals surface area contributed by atoms with Gasteiger partial charge >= 0.3 is 0 Å². The lowest BCUT2D eigenvalue weighted by molar-refractivity contribution is 0.330. The normalized spacial score (nSPS) is 15.6. The quantitative estimate of drug-likeness (QED) is 0.405. The predicted molar refractivity (Wildman–Crippen MR) is 113 cm³/mol. The summed E-state index contributed by atoms with van der Waals surface area (Å²) in [5, 5.41) is 6.86. The number of fused-ring (bicyclic) bond motifs is 1. The summed E-state index contributed by atoms with van der Waals surface area (Å²) >= 11 is 0.